The maximum absolute atomic E-state index is 10.8. The number of oxazole rings is 1. The highest BCUT2D eigenvalue weighted by atomic mass is 32.2. The summed E-state index contributed by atoms with van der Waals surface area (Å²) >= 11 is 1.45. The van der Waals surface area contributed by atoms with Crippen molar-refractivity contribution in [2.75, 3.05) is 5.73 Å². The maximum Gasteiger partial charge on any atom is 0.335 e. The minimum absolute atomic E-state index is 0.279. The van der Waals surface area contributed by atoms with Crippen LogP contribution in [0.4, 0.5) is 5.69 Å². The average Bonchev–Trinajstić information content (AvgIpc) is 2.87. The van der Waals surface area contributed by atoms with Gasteiger partial charge in [-0.15, -0.1) is 0 Å². The van der Waals surface area contributed by atoms with E-state index in [1.54, 1.807) is 42.5 Å². The zero-order chi connectivity index (χ0) is 14.8. The van der Waals surface area contributed by atoms with Crippen LogP contribution in [0.3, 0.4) is 0 Å². The van der Waals surface area contributed by atoms with E-state index in [2.05, 4.69) is 4.98 Å². The number of thioether (sulfide) groups is 1. The molecule has 0 saturated heterocycles. The van der Waals surface area contributed by atoms with Gasteiger partial charge in [0, 0.05) is 11.4 Å². The Hall–Kier alpha value is -2.47. The average molecular weight is 300 g/mol. The maximum atomic E-state index is 10.8. The second-order valence-corrected chi connectivity index (χ2v) is 5.42. The zero-order valence-corrected chi connectivity index (χ0v) is 11.8. The number of nitrogen functional groups attached to an aromatic ring is 1. The summed E-state index contributed by atoms with van der Waals surface area (Å²) in [5.41, 5.74) is 9.07. The first kappa shape index (κ1) is 13.5. The van der Waals surface area contributed by atoms with Gasteiger partial charge in [0.05, 0.1) is 5.56 Å². The van der Waals surface area contributed by atoms with E-state index in [0.29, 0.717) is 22.2 Å². The lowest BCUT2D eigenvalue weighted by atomic mass is 10.1. The number of nitrogens with two attached hydrogens (primary N) is 1. The van der Waals surface area contributed by atoms with Gasteiger partial charge in [0.2, 0.25) is 0 Å². The molecule has 6 heteroatoms. The minimum atomic E-state index is -0.925. The van der Waals surface area contributed by atoms with Crippen molar-refractivity contribution >= 4 is 34.5 Å². The molecule has 1 heterocycles. The van der Waals surface area contributed by atoms with Crippen LogP contribution in [-0.2, 0) is 5.75 Å². The van der Waals surface area contributed by atoms with Crippen molar-refractivity contribution in [3.63, 3.8) is 0 Å². The topological polar surface area (TPSA) is 89.3 Å². The van der Waals surface area contributed by atoms with E-state index in [-0.39, 0.29) is 5.56 Å². The molecule has 0 amide bonds. The standard InChI is InChI=1S/C15H12N2O3S/c16-11-5-6-13-12(7-11)17-15(20-13)21-8-9-1-3-10(4-2-9)14(18)19/h1-7H,8,16H2,(H,18,19). The highest BCUT2D eigenvalue weighted by molar-refractivity contribution is 7.98. The van der Waals surface area contributed by atoms with Crippen molar-refractivity contribution in [3.05, 3.63) is 53.6 Å². The molecule has 0 saturated carbocycles. The van der Waals surface area contributed by atoms with Gasteiger partial charge >= 0.3 is 5.97 Å². The Bertz CT molecular complexity index is 796. The number of rotatable bonds is 4. The van der Waals surface area contributed by atoms with Crippen LogP contribution in [-0.4, -0.2) is 16.1 Å². The molecule has 2 aromatic carbocycles. The summed E-state index contributed by atoms with van der Waals surface area (Å²) in [6.45, 7) is 0. The van der Waals surface area contributed by atoms with Gasteiger partial charge in [-0.1, -0.05) is 23.9 Å². The van der Waals surface area contributed by atoms with E-state index >= 15 is 0 Å². The second-order valence-electron chi connectivity index (χ2n) is 4.50. The Morgan fingerprint density at radius 1 is 1.24 bits per heavy atom. The Morgan fingerprint density at radius 2 is 2.00 bits per heavy atom. The van der Waals surface area contributed by atoms with Crippen LogP contribution in [0.15, 0.2) is 52.1 Å². The van der Waals surface area contributed by atoms with Crippen LogP contribution >= 0.6 is 11.8 Å². The van der Waals surface area contributed by atoms with Crippen molar-refractivity contribution in [2.45, 2.75) is 11.0 Å². The summed E-state index contributed by atoms with van der Waals surface area (Å²) < 4.78 is 5.61. The molecule has 0 aliphatic heterocycles. The van der Waals surface area contributed by atoms with Crippen LogP contribution in [0, 0.1) is 0 Å². The fraction of sp³-hybridized carbons (Fsp3) is 0.0667. The molecule has 0 spiro atoms. The normalized spacial score (nSPS) is 10.9. The summed E-state index contributed by atoms with van der Waals surface area (Å²) in [6, 6.07) is 12.1. The quantitative estimate of drug-likeness (QED) is 0.567. The first-order valence-corrected chi connectivity index (χ1v) is 7.21. The predicted octanol–water partition coefficient (Wildman–Crippen LogP) is 3.40. The van der Waals surface area contributed by atoms with Crippen LogP contribution < -0.4 is 5.73 Å². The summed E-state index contributed by atoms with van der Waals surface area (Å²) in [6.07, 6.45) is 0. The van der Waals surface area contributed by atoms with E-state index in [1.165, 1.54) is 11.8 Å². The number of aromatic nitrogens is 1. The summed E-state index contributed by atoms with van der Waals surface area (Å²) in [5, 5.41) is 9.41. The second kappa shape index (κ2) is 5.49. The van der Waals surface area contributed by atoms with Gasteiger partial charge in [0.1, 0.15) is 5.52 Å². The lowest BCUT2D eigenvalue weighted by Gasteiger charge is -1.99. The number of fused-ring (bicyclic) bond motifs is 1. The van der Waals surface area contributed by atoms with Crippen molar-refractivity contribution < 1.29 is 14.3 Å². The summed E-state index contributed by atoms with van der Waals surface area (Å²) in [4.78, 5) is 15.1. The molecule has 3 rings (SSSR count). The number of nitrogens with zero attached hydrogens (tertiary/aromatic N) is 1. The first-order valence-electron chi connectivity index (χ1n) is 6.23. The molecule has 21 heavy (non-hydrogen) atoms. The van der Waals surface area contributed by atoms with Crippen LogP contribution in [0.25, 0.3) is 11.1 Å². The molecule has 0 unspecified atom stereocenters. The van der Waals surface area contributed by atoms with Crippen LogP contribution in [0.5, 0.6) is 0 Å². The molecule has 0 atom stereocenters. The van der Waals surface area contributed by atoms with Crippen LogP contribution in [0.1, 0.15) is 15.9 Å². The van der Waals surface area contributed by atoms with Gasteiger partial charge in [-0.3, -0.25) is 0 Å². The van der Waals surface area contributed by atoms with Gasteiger partial charge < -0.3 is 15.3 Å². The zero-order valence-electron chi connectivity index (χ0n) is 10.9. The fourth-order valence-corrected chi connectivity index (χ4v) is 2.67. The number of benzene rings is 2. The van der Waals surface area contributed by atoms with E-state index in [0.717, 1.165) is 11.1 Å². The fourth-order valence-electron chi connectivity index (χ4n) is 1.87. The van der Waals surface area contributed by atoms with E-state index in [1.807, 2.05) is 0 Å². The van der Waals surface area contributed by atoms with Crippen molar-refractivity contribution in [3.8, 4) is 0 Å². The van der Waals surface area contributed by atoms with Gasteiger partial charge in [-0.2, -0.15) is 0 Å². The molecule has 0 aliphatic rings. The molecular weight excluding hydrogens is 288 g/mol. The lowest BCUT2D eigenvalue weighted by molar-refractivity contribution is 0.0697. The predicted molar refractivity (Wildman–Crippen MR) is 81.4 cm³/mol. The summed E-state index contributed by atoms with van der Waals surface area (Å²) in [7, 11) is 0. The van der Waals surface area contributed by atoms with Gasteiger partial charge in [0.15, 0.2) is 5.58 Å². The first-order chi connectivity index (χ1) is 10.1. The van der Waals surface area contributed by atoms with E-state index in [9.17, 15) is 4.79 Å². The molecule has 0 aliphatic carbocycles. The van der Waals surface area contributed by atoms with Crippen molar-refractivity contribution in [1.82, 2.24) is 4.98 Å². The van der Waals surface area contributed by atoms with E-state index < -0.39 is 5.97 Å². The molecule has 106 valence electrons. The lowest BCUT2D eigenvalue weighted by Crippen LogP contribution is -1.95. The Morgan fingerprint density at radius 3 is 2.71 bits per heavy atom. The third-order valence-electron chi connectivity index (χ3n) is 2.96. The monoisotopic (exact) mass is 300 g/mol. The molecule has 3 aromatic rings. The van der Waals surface area contributed by atoms with Gasteiger partial charge in [-0.25, -0.2) is 9.78 Å². The Kier molecular flexibility index (Phi) is 3.53. The third kappa shape index (κ3) is 3.00. The molecule has 0 fully saturated rings. The number of aromatic carboxylic acids is 1. The molecule has 1 aromatic heterocycles. The van der Waals surface area contributed by atoms with Crippen molar-refractivity contribution in [2.24, 2.45) is 0 Å². The van der Waals surface area contributed by atoms with E-state index in [4.69, 9.17) is 15.3 Å². The number of hydrogen-bond acceptors (Lipinski definition) is 5. The van der Waals surface area contributed by atoms with Gasteiger partial charge in [-0.05, 0) is 35.9 Å². The highest BCUT2D eigenvalue weighted by Gasteiger charge is 2.07. The number of hydrogen-bond donors (Lipinski definition) is 2. The summed E-state index contributed by atoms with van der Waals surface area (Å²) in [5.74, 6) is -0.270. The Balaban J connectivity index is 1.72. The highest BCUT2D eigenvalue weighted by Crippen LogP contribution is 2.27. The minimum Gasteiger partial charge on any atom is -0.478 e. The SMILES string of the molecule is Nc1ccc2oc(SCc3ccc(C(=O)O)cc3)nc2c1. The molecule has 0 radical (unpaired) electrons. The largest absolute Gasteiger partial charge is 0.478 e. The molecular formula is C15H12N2O3S. The number of anilines is 1. The Labute approximate surface area is 124 Å². The number of carboxylic acid groups (broad SMARTS) is 1. The smallest absolute Gasteiger partial charge is 0.335 e. The van der Waals surface area contributed by atoms with Gasteiger partial charge in [0.25, 0.3) is 5.22 Å². The van der Waals surface area contributed by atoms with Crippen molar-refractivity contribution in [1.29, 1.82) is 0 Å². The number of carbonyl (C=O) groups is 1. The number of carboxylic acids is 1. The van der Waals surface area contributed by atoms with Crippen LogP contribution in [0.2, 0.25) is 0 Å². The third-order valence-corrected chi connectivity index (χ3v) is 3.85. The molecule has 3 N–H and O–H groups in total. The molecule has 5 nitrogen and oxygen atoms in total. The molecule has 0 bridgehead atoms.